The molecule has 0 saturated heterocycles. The molecular formula is C19H20FN. The molecule has 1 fully saturated rings. The van der Waals surface area contributed by atoms with Crippen molar-refractivity contribution in [2.45, 2.75) is 39.0 Å². The molecule has 21 heavy (non-hydrogen) atoms. The van der Waals surface area contributed by atoms with Crippen LogP contribution in [-0.4, -0.2) is 4.98 Å². The van der Waals surface area contributed by atoms with E-state index in [-0.39, 0.29) is 5.82 Å². The average molecular weight is 281 g/mol. The highest BCUT2D eigenvalue weighted by molar-refractivity contribution is 5.61. The monoisotopic (exact) mass is 281 g/mol. The molecule has 1 aromatic carbocycles. The van der Waals surface area contributed by atoms with Crippen LogP contribution in [0.3, 0.4) is 0 Å². The molecule has 3 aliphatic carbocycles. The molecule has 1 aromatic heterocycles. The highest BCUT2D eigenvalue weighted by atomic mass is 19.1. The highest BCUT2D eigenvalue weighted by Crippen LogP contribution is 2.66. The SMILES string of the molecule is C[C@@H]1c2nc(-c3ccccc3F)ccc2[C@@H]2C[C@H]1C2(C)C. The van der Waals surface area contributed by atoms with Crippen molar-refractivity contribution >= 4 is 0 Å². The maximum atomic E-state index is 14.0. The van der Waals surface area contributed by atoms with Crippen LogP contribution in [0, 0.1) is 17.2 Å². The Hall–Kier alpha value is -1.70. The molecule has 0 radical (unpaired) electrons. The van der Waals surface area contributed by atoms with Gasteiger partial charge in [0.25, 0.3) is 0 Å². The third-order valence-electron chi connectivity index (χ3n) is 5.86. The zero-order valence-electron chi connectivity index (χ0n) is 12.7. The summed E-state index contributed by atoms with van der Waals surface area (Å²) in [6.45, 7) is 7.02. The van der Waals surface area contributed by atoms with Gasteiger partial charge in [-0.1, -0.05) is 39.0 Å². The van der Waals surface area contributed by atoms with Crippen LogP contribution in [0.4, 0.5) is 4.39 Å². The van der Waals surface area contributed by atoms with E-state index < -0.39 is 0 Å². The van der Waals surface area contributed by atoms with Gasteiger partial charge in [0.05, 0.1) is 5.69 Å². The number of rotatable bonds is 1. The number of halogens is 1. The second-order valence-electron chi connectivity index (χ2n) is 7.16. The summed E-state index contributed by atoms with van der Waals surface area (Å²) in [7, 11) is 0. The maximum absolute atomic E-state index is 14.0. The van der Waals surface area contributed by atoms with Crippen molar-refractivity contribution in [2.24, 2.45) is 11.3 Å². The van der Waals surface area contributed by atoms with E-state index in [4.69, 9.17) is 4.98 Å². The lowest BCUT2D eigenvalue weighted by Crippen LogP contribution is -2.50. The molecule has 3 aliphatic rings. The molecule has 2 aromatic rings. The van der Waals surface area contributed by atoms with E-state index in [1.165, 1.54) is 23.7 Å². The minimum Gasteiger partial charge on any atom is -0.252 e. The predicted molar refractivity (Wildman–Crippen MR) is 82.7 cm³/mol. The molecule has 0 N–H and O–H groups in total. The van der Waals surface area contributed by atoms with Crippen LogP contribution in [0.2, 0.25) is 0 Å². The van der Waals surface area contributed by atoms with Crippen LogP contribution in [-0.2, 0) is 0 Å². The molecule has 0 aliphatic heterocycles. The van der Waals surface area contributed by atoms with E-state index in [1.54, 1.807) is 6.07 Å². The third-order valence-corrected chi connectivity index (χ3v) is 5.86. The summed E-state index contributed by atoms with van der Waals surface area (Å²) >= 11 is 0. The van der Waals surface area contributed by atoms with Crippen molar-refractivity contribution in [1.82, 2.24) is 4.98 Å². The predicted octanol–water partition coefficient (Wildman–Crippen LogP) is 5.13. The molecule has 2 bridgehead atoms. The van der Waals surface area contributed by atoms with Crippen molar-refractivity contribution in [3.8, 4) is 11.3 Å². The maximum Gasteiger partial charge on any atom is 0.132 e. The van der Waals surface area contributed by atoms with Gasteiger partial charge in [0, 0.05) is 17.2 Å². The van der Waals surface area contributed by atoms with Crippen molar-refractivity contribution in [3.05, 3.63) is 53.5 Å². The number of aromatic nitrogens is 1. The zero-order valence-corrected chi connectivity index (χ0v) is 12.7. The molecule has 1 nitrogen and oxygen atoms in total. The van der Waals surface area contributed by atoms with Gasteiger partial charge in [-0.2, -0.15) is 0 Å². The lowest BCUT2D eigenvalue weighted by molar-refractivity contribution is -0.00271. The number of pyridine rings is 1. The molecule has 108 valence electrons. The first kappa shape index (κ1) is 13.0. The third kappa shape index (κ3) is 1.65. The van der Waals surface area contributed by atoms with Crippen LogP contribution >= 0.6 is 0 Å². The van der Waals surface area contributed by atoms with Gasteiger partial charge in [0.2, 0.25) is 0 Å². The summed E-state index contributed by atoms with van der Waals surface area (Å²) < 4.78 is 14.0. The van der Waals surface area contributed by atoms with Gasteiger partial charge < -0.3 is 0 Å². The van der Waals surface area contributed by atoms with Gasteiger partial charge in [0.1, 0.15) is 5.82 Å². The minimum absolute atomic E-state index is 0.195. The Bertz CT molecular complexity index is 719. The van der Waals surface area contributed by atoms with Crippen molar-refractivity contribution < 1.29 is 4.39 Å². The van der Waals surface area contributed by atoms with Crippen LogP contribution < -0.4 is 0 Å². The Morgan fingerprint density at radius 1 is 1.14 bits per heavy atom. The van der Waals surface area contributed by atoms with Gasteiger partial charge in [0.15, 0.2) is 0 Å². The van der Waals surface area contributed by atoms with E-state index in [1.807, 2.05) is 18.2 Å². The molecule has 0 unspecified atom stereocenters. The second-order valence-corrected chi connectivity index (χ2v) is 7.16. The summed E-state index contributed by atoms with van der Waals surface area (Å²) in [6.07, 6.45) is 1.28. The first-order valence-electron chi connectivity index (χ1n) is 7.76. The summed E-state index contributed by atoms with van der Waals surface area (Å²) in [5.41, 5.74) is 4.32. The zero-order chi connectivity index (χ0) is 14.8. The van der Waals surface area contributed by atoms with E-state index >= 15 is 0 Å². The summed E-state index contributed by atoms with van der Waals surface area (Å²) in [6, 6.07) is 11.1. The largest absolute Gasteiger partial charge is 0.252 e. The van der Waals surface area contributed by atoms with Gasteiger partial charge in [-0.05, 0) is 47.4 Å². The molecule has 0 amide bonds. The van der Waals surface area contributed by atoms with Gasteiger partial charge in [-0.25, -0.2) is 4.39 Å². The van der Waals surface area contributed by atoms with Crippen molar-refractivity contribution in [2.75, 3.05) is 0 Å². The molecule has 5 rings (SSSR count). The molecule has 1 saturated carbocycles. The molecular weight excluding hydrogens is 261 g/mol. The van der Waals surface area contributed by atoms with Crippen LogP contribution in [0.5, 0.6) is 0 Å². The smallest absolute Gasteiger partial charge is 0.132 e. The fraction of sp³-hybridized carbons (Fsp3) is 0.421. The number of hydrogen-bond donors (Lipinski definition) is 0. The average Bonchev–Trinajstić information content (AvgIpc) is 2.47. The van der Waals surface area contributed by atoms with Crippen LogP contribution in [0.15, 0.2) is 36.4 Å². The normalized spacial score (nSPS) is 28.7. The molecule has 2 heteroatoms. The first-order chi connectivity index (χ1) is 10.00. The molecule has 1 heterocycles. The lowest BCUT2D eigenvalue weighted by Gasteiger charge is -2.59. The Balaban J connectivity index is 1.84. The lowest BCUT2D eigenvalue weighted by atomic mass is 9.45. The number of nitrogens with zero attached hydrogens (tertiary/aromatic N) is 1. The fourth-order valence-electron chi connectivity index (χ4n) is 4.49. The van der Waals surface area contributed by atoms with E-state index in [9.17, 15) is 4.39 Å². The van der Waals surface area contributed by atoms with Crippen LogP contribution in [0.25, 0.3) is 11.3 Å². The van der Waals surface area contributed by atoms with Crippen LogP contribution in [0.1, 0.15) is 50.3 Å². The summed E-state index contributed by atoms with van der Waals surface area (Å²) in [4.78, 5) is 4.83. The van der Waals surface area contributed by atoms with E-state index in [0.29, 0.717) is 28.7 Å². The quantitative estimate of drug-likeness (QED) is 0.705. The minimum atomic E-state index is -0.195. The Morgan fingerprint density at radius 3 is 2.62 bits per heavy atom. The Labute approximate surface area is 125 Å². The highest BCUT2D eigenvalue weighted by Gasteiger charge is 2.56. The number of benzene rings is 1. The first-order valence-corrected chi connectivity index (χ1v) is 7.76. The molecule has 3 atom stereocenters. The van der Waals surface area contributed by atoms with Crippen molar-refractivity contribution in [1.29, 1.82) is 0 Å². The van der Waals surface area contributed by atoms with Gasteiger partial charge in [-0.3, -0.25) is 4.98 Å². The second kappa shape index (κ2) is 4.16. The van der Waals surface area contributed by atoms with Crippen molar-refractivity contribution in [3.63, 3.8) is 0 Å². The fourth-order valence-corrected chi connectivity index (χ4v) is 4.49. The molecule has 0 spiro atoms. The van der Waals surface area contributed by atoms with Gasteiger partial charge in [-0.15, -0.1) is 0 Å². The number of hydrogen-bond acceptors (Lipinski definition) is 1. The summed E-state index contributed by atoms with van der Waals surface area (Å²) in [5.74, 6) is 1.60. The van der Waals surface area contributed by atoms with Gasteiger partial charge >= 0.3 is 0 Å². The van der Waals surface area contributed by atoms with E-state index in [2.05, 4.69) is 26.8 Å². The topological polar surface area (TPSA) is 12.9 Å². The Morgan fingerprint density at radius 2 is 1.90 bits per heavy atom. The summed E-state index contributed by atoms with van der Waals surface area (Å²) in [5, 5.41) is 0. The van der Waals surface area contributed by atoms with E-state index in [0.717, 1.165) is 5.69 Å². The Kier molecular flexibility index (Phi) is 2.57. The standard InChI is InChI=1S/C19H20FN/c1-11-14-10-15(19(14,2)3)12-8-9-17(21-18(11)12)13-6-4-5-7-16(13)20/h4-9,11,14-15H,10H2,1-3H3/t11-,14+,15-/m0/s1.